The second kappa shape index (κ2) is 9.41. The summed E-state index contributed by atoms with van der Waals surface area (Å²) in [6, 6.07) is 15.2. The maximum absolute atomic E-state index is 12.1. The molecule has 0 radical (unpaired) electrons. The number of Topliss-reactive ketones (excluding diaryl/α,β-unsaturated/α-hetero) is 1. The van der Waals surface area contributed by atoms with Crippen LogP contribution in [0.1, 0.15) is 48.9 Å². The smallest absolute Gasteiger partial charge is 0.238 e. The van der Waals surface area contributed by atoms with Gasteiger partial charge in [0, 0.05) is 46.7 Å². The van der Waals surface area contributed by atoms with Crippen LogP contribution in [-0.2, 0) is 4.79 Å². The van der Waals surface area contributed by atoms with E-state index in [1.54, 1.807) is 60.7 Å². The lowest BCUT2D eigenvalue weighted by molar-refractivity contribution is -0.530. The first-order valence-corrected chi connectivity index (χ1v) is 8.37. The summed E-state index contributed by atoms with van der Waals surface area (Å²) in [4.78, 5) is 33.8. The Balaban J connectivity index is 1.91. The highest BCUT2D eigenvalue weighted by Crippen LogP contribution is 2.25. The Labute approximate surface area is 151 Å². The highest BCUT2D eigenvalue weighted by Gasteiger charge is 2.26. The number of carbonyl (C=O) groups excluding carboxylic acids is 1. The van der Waals surface area contributed by atoms with Gasteiger partial charge in [0.15, 0.2) is 0 Å². The first-order chi connectivity index (χ1) is 12.5. The molecule has 0 spiro atoms. The third-order valence-electron chi connectivity index (χ3n) is 4.27. The molecular weight excluding hydrogens is 336 g/mol. The number of hydrogen-bond donors (Lipinski definition) is 0. The monoisotopic (exact) mass is 356 g/mol. The van der Waals surface area contributed by atoms with E-state index in [-0.39, 0.29) is 31.5 Å². The molecule has 0 aliphatic rings. The van der Waals surface area contributed by atoms with E-state index in [0.29, 0.717) is 11.1 Å². The summed E-state index contributed by atoms with van der Waals surface area (Å²) in [7, 11) is 0. The third-order valence-corrected chi connectivity index (χ3v) is 4.27. The lowest BCUT2D eigenvalue weighted by Crippen LogP contribution is -2.15. The number of hydrogen-bond acceptors (Lipinski definition) is 5. The van der Waals surface area contributed by atoms with Crippen LogP contribution in [0, 0.1) is 20.2 Å². The fraction of sp³-hybridized carbons (Fsp3) is 0.316. The van der Waals surface area contributed by atoms with Gasteiger partial charge in [0.2, 0.25) is 12.1 Å². The zero-order valence-corrected chi connectivity index (χ0v) is 14.2. The maximum Gasteiger partial charge on any atom is 0.238 e. The first-order valence-electron chi connectivity index (χ1n) is 8.37. The Morgan fingerprint density at radius 2 is 1.08 bits per heavy atom. The van der Waals surface area contributed by atoms with Crippen molar-refractivity contribution < 1.29 is 14.6 Å². The minimum atomic E-state index is -0.944. The molecule has 0 saturated carbocycles. The molecule has 2 aromatic carbocycles. The molecule has 2 unspecified atom stereocenters. The topological polar surface area (TPSA) is 103 Å². The van der Waals surface area contributed by atoms with Crippen molar-refractivity contribution in [1.29, 1.82) is 0 Å². The Bertz CT molecular complexity index is 686. The molecule has 0 aliphatic carbocycles. The zero-order valence-electron chi connectivity index (χ0n) is 14.2. The Kier molecular flexibility index (Phi) is 6.96. The van der Waals surface area contributed by atoms with Gasteiger partial charge >= 0.3 is 0 Å². The van der Waals surface area contributed by atoms with E-state index in [0.717, 1.165) is 0 Å². The standard InChI is InChI=1S/C19H20N2O5/c22-17(11-13-18(20(23)24)15-7-3-1-4-8-15)12-14-19(21(25)26)16-9-5-2-6-10-16/h1-10,18-19H,11-14H2. The Morgan fingerprint density at radius 3 is 1.38 bits per heavy atom. The van der Waals surface area contributed by atoms with E-state index in [1.165, 1.54) is 0 Å². The average molecular weight is 356 g/mol. The van der Waals surface area contributed by atoms with Gasteiger partial charge in [-0.25, -0.2) is 0 Å². The number of nitrogens with zero attached hydrogens (tertiary/aromatic N) is 2. The SMILES string of the molecule is O=C(CCC(c1ccccc1)[N+](=O)[O-])CCC(c1ccccc1)[N+](=O)[O-]. The van der Waals surface area contributed by atoms with Crippen LogP contribution in [0.4, 0.5) is 0 Å². The van der Waals surface area contributed by atoms with Gasteiger partial charge in [-0.2, -0.15) is 0 Å². The second-order valence-electron chi connectivity index (χ2n) is 6.04. The van der Waals surface area contributed by atoms with Crippen molar-refractivity contribution >= 4 is 5.78 Å². The predicted molar refractivity (Wildman–Crippen MR) is 95.8 cm³/mol. The van der Waals surface area contributed by atoms with Crippen LogP contribution < -0.4 is 0 Å². The molecule has 7 heteroatoms. The van der Waals surface area contributed by atoms with Crippen molar-refractivity contribution in [3.05, 3.63) is 92.0 Å². The molecule has 26 heavy (non-hydrogen) atoms. The third kappa shape index (κ3) is 5.47. The van der Waals surface area contributed by atoms with E-state index >= 15 is 0 Å². The van der Waals surface area contributed by atoms with E-state index in [9.17, 15) is 25.0 Å². The highest BCUT2D eigenvalue weighted by atomic mass is 16.6. The van der Waals surface area contributed by atoms with E-state index in [1.807, 2.05) is 0 Å². The Morgan fingerprint density at radius 1 is 0.731 bits per heavy atom. The van der Waals surface area contributed by atoms with Crippen LogP contribution in [0.25, 0.3) is 0 Å². The molecule has 0 heterocycles. The molecule has 0 aliphatic heterocycles. The van der Waals surface area contributed by atoms with E-state index < -0.39 is 21.9 Å². The molecule has 0 aromatic heterocycles. The minimum absolute atomic E-state index is 0.0275. The lowest BCUT2D eigenvalue weighted by atomic mass is 9.97. The largest absolute Gasteiger partial charge is 0.300 e. The lowest BCUT2D eigenvalue weighted by Gasteiger charge is -2.11. The molecule has 0 N–H and O–H groups in total. The van der Waals surface area contributed by atoms with Crippen molar-refractivity contribution in [3.63, 3.8) is 0 Å². The van der Waals surface area contributed by atoms with Crippen molar-refractivity contribution in [2.75, 3.05) is 0 Å². The summed E-state index contributed by atoms with van der Waals surface area (Å²) in [5, 5.41) is 22.5. The molecule has 136 valence electrons. The predicted octanol–water partition coefficient (Wildman–Crippen LogP) is 4.15. The van der Waals surface area contributed by atoms with Crippen LogP contribution in [0.15, 0.2) is 60.7 Å². The maximum atomic E-state index is 12.1. The van der Waals surface area contributed by atoms with Gasteiger partial charge in [-0.1, -0.05) is 60.7 Å². The fourth-order valence-electron chi connectivity index (χ4n) is 2.86. The summed E-state index contributed by atoms with van der Waals surface area (Å²) >= 11 is 0. The second-order valence-corrected chi connectivity index (χ2v) is 6.04. The molecule has 2 aromatic rings. The summed E-state index contributed by atoms with van der Waals surface area (Å²) in [6.45, 7) is 0. The quantitative estimate of drug-likeness (QED) is 0.470. The molecule has 0 amide bonds. The van der Waals surface area contributed by atoms with Crippen LogP contribution >= 0.6 is 0 Å². The van der Waals surface area contributed by atoms with Crippen LogP contribution in [0.2, 0.25) is 0 Å². The number of nitro groups is 2. The normalized spacial score (nSPS) is 12.9. The highest BCUT2D eigenvalue weighted by molar-refractivity contribution is 5.78. The Hall–Kier alpha value is -3.09. The molecule has 0 bridgehead atoms. The molecule has 2 atom stereocenters. The summed E-state index contributed by atoms with van der Waals surface area (Å²) < 4.78 is 0. The number of benzene rings is 2. The summed E-state index contributed by atoms with van der Waals surface area (Å²) in [6.07, 6.45) is 0.230. The molecule has 0 fully saturated rings. The van der Waals surface area contributed by atoms with Gasteiger partial charge in [0.1, 0.15) is 5.78 Å². The fourth-order valence-corrected chi connectivity index (χ4v) is 2.86. The number of ketones is 1. The molecule has 2 rings (SSSR count). The minimum Gasteiger partial charge on any atom is -0.300 e. The first kappa shape index (κ1) is 19.2. The van der Waals surface area contributed by atoms with Gasteiger partial charge in [0.25, 0.3) is 0 Å². The van der Waals surface area contributed by atoms with E-state index in [2.05, 4.69) is 0 Å². The van der Waals surface area contributed by atoms with Gasteiger partial charge in [-0.3, -0.25) is 25.0 Å². The van der Waals surface area contributed by atoms with Gasteiger partial charge in [-0.15, -0.1) is 0 Å². The average Bonchev–Trinajstić information content (AvgIpc) is 2.63. The molecule has 7 nitrogen and oxygen atoms in total. The van der Waals surface area contributed by atoms with Crippen molar-refractivity contribution in [1.82, 2.24) is 0 Å². The van der Waals surface area contributed by atoms with Crippen molar-refractivity contribution in [2.45, 2.75) is 37.8 Å². The van der Waals surface area contributed by atoms with Gasteiger partial charge in [0.05, 0.1) is 0 Å². The molecule has 0 saturated heterocycles. The number of carbonyl (C=O) groups is 1. The molecular formula is C19H20N2O5. The van der Waals surface area contributed by atoms with Crippen molar-refractivity contribution in [3.8, 4) is 0 Å². The van der Waals surface area contributed by atoms with Crippen LogP contribution in [-0.4, -0.2) is 15.6 Å². The summed E-state index contributed by atoms with van der Waals surface area (Å²) in [5.74, 6) is -0.199. The van der Waals surface area contributed by atoms with Gasteiger partial charge < -0.3 is 0 Å². The number of rotatable bonds is 10. The van der Waals surface area contributed by atoms with E-state index in [4.69, 9.17) is 0 Å². The zero-order chi connectivity index (χ0) is 18.9. The van der Waals surface area contributed by atoms with Gasteiger partial charge in [-0.05, 0) is 0 Å². The van der Waals surface area contributed by atoms with Crippen molar-refractivity contribution in [2.24, 2.45) is 0 Å². The van der Waals surface area contributed by atoms with Crippen LogP contribution in [0.5, 0.6) is 0 Å². The summed E-state index contributed by atoms with van der Waals surface area (Å²) in [5.41, 5.74) is 1.11. The van der Waals surface area contributed by atoms with Crippen LogP contribution in [0.3, 0.4) is 0 Å².